The lowest BCUT2D eigenvalue weighted by atomic mass is 10.1. The van der Waals surface area contributed by atoms with Crippen LogP contribution in [0.25, 0.3) is 0 Å². The van der Waals surface area contributed by atoms with E-state index in [2.05, 4.69) is 5.32 Å². The van der Waals surface area contributed by atoms with E-state index in [1.807, 2.05) is 36.4 Å². The summed E-state index contributed by atoms with van der Waals surface area (Å²) in [5.41, 5.74) is 0.815. The Morgan fingerprint density at radius 2 is 1.42 bits per heavy atom. The standard InChI is InChI=1S/C20H16FNO2/c21-17-13-7-8-14-18(17)22-20(23)19(15-9-3-1-4-10-15)24-16-11-5-2-6-12-16/h1-14,19H,(H,22,23). The van der Waals surface area contributed by atoms with Gasteiger partial charge in [-0.05, 0) is 24.3 Å². The van der Waals surface area contributed by atoms with E-state index < -0.39 is 17.8 Å². The predicted molar refractivity (Wildman–Crippen MR) is 91.3 cm³/mol. The molecular formula is C20H16FNO2. The fraction of sp³-hybridized carbons (Fsp3) is 0.0500. The van der Waals surface area contributed by atoms with Crippen LogP contribution in [0.2, 0.25) is 0 Å². The van der Waals surface area contributed by atoms with Crippen LogP contribution in [0.4, 0.5) is 10.1 Å². The highest BCUT2D eigenvalue weighted by molar-refractivity contribution is 5.95. The van der Waals surface area contributed by atoms with E-state index in [0.717, 1.165) is 0 Å². The van der Waals surface area contributed by atoms with Crippen molar-refractivity contribution in [3.05, 3.63) is 96.3 Å². The van der Waals surface area contributed by atoms with Crippen molar-refractivity contribution in [1.82, 2.24) is 0 Å². The van der Waals surface area contributed by atoms with Crippen molar-refractivity contribution in [1.29, 1.82) is 0 Å². The van der Waals surface area contributed by atoms with Gasteiger partial charge in [0, 0.05) is 5.56 Å². The zero-order valence-corrected chi connectivity index (χ0v) is 12.9. The van der Waals surface area contributed by atoms with E-state index in [1.165, 1.54) is 12.1 Å². The quantitative estimate of drug-likeness (QED) is 0.747. The van der Waals surface area contributed by atoms with Gasteiger partial charge in [0.05, 0.1) is 5.69 Å². The number of benzene rings is 3. The minimum absolute atomic E-state index is 0.125. The topological polar surface area (TPSA) is 38.3 Å². The molecule has 0 saturated heterocycles. The molecule has 1 unspecified atom stereocenters. The Morgan fingerprint density at radius 1 is 0.833 bits per heavy atom. The van der Waals surface area contributed by atoms with Crippen LogP contribution in [0.15, 0.2) is 84.9 Å². The Hall–Kier alpha value is -3.14. The number of rotatable bonds is 5. The number of amides is 1. The summed E-state index contributed by atoms with van der Waals surface area (Å²) in [7, 11) is 0. The first-order valence-corrected chi connectivity index (χ1v) is 7.56. The first kappa shape index (κ1) is 15.7. The van der Waals surface area contributed by atoms with E-state index in [9.17, 15) is 9.18 Å². The second-order valence-corrected chi connectivity index (χ2v) is 5.19. The summed E-state index contributed by atoms with van der Waals surface area (Å²) in [6.45, 7) is 0. The fourth-order valence-corrected chi connectivity index (χ4v) is 2.30. The molecule has 3 aromatic rings. The van der Waals surface area contributed by atoms with Crippen LogP contribution in [0, 0.1) is 5.82 Å². The Morgan fingerprint density at radius 3 is 2.08 bits per heavy atom. The molecular weight excluding hydrogens is 305 g/mol. The monoisotopic (exact) mass is 321 g/mol. The molecule has 1 atom stereocenters. The molecule has 3 rings (SSSR count). The Kier molecular flexibility index (Phi) is 4.87. The molecule has 0 radical (unpaired) electrons. The molecule has 0 aliphatic heterocycles. The van der Waals surface area contributed by atoms with Crippen molar-refractivity contribution in [2.45, 2.75) is 6.10 Å². The molecule has 120 valence electrons. The molecule has 1 N–H and O–H groups in total. The summed E-state index contributed by atoms with van der Waals surface area (Å²) in [5.74, 6) is -0.359. The van der Waals surface area contributed by atoms with Crippen molar-refractivity contribution in [2.24, 2.45) is 0 Å². The van der Waals surface area contributed by atoms with Gasteiger partial charge in [-0.2, -0.15) is 0 Å². The van der Waals surface area contributed by atoms with Crippen LogP contribution in [0.1, 0.15) is 11.7 Å². The molecule has 24 heavy (non-hydrogen) atoms. The highest BCUT2D eigenvalue weighted by atomic mass is 19.1. The second kappa shape index (κ2) is 7.42. The van der Waals surface area contributed by atoms with Crippen LogP contribution in [-0.2, 0) is 4.79 Å². The predicted octanol–water partition coefficient (Wildman–Crippen LogP) is 4.58. The van der Waals surface area contributed by atoms with Gasteiger partial charge in [0.25, 0.3) is 5.91 Å². The maximum Gasteiger partial charge on any atom is 0.270 e. The lowest BCUT2D eigenvalue weighted by Gasteiger charge is -2.19. The molecule has 0 heterocycles. The SMILES string of the molecule is O=C(Nc1ccccc1F)C(Oc1ccccc1)c1ccccc1. The van der Waals surface area contributed by atoms with Gasteiger partial charge in [-0.3, -0.25) is 4.79 Å². The summed E-state index contributed by atoms with van der Waals surface area (Å²) >= 11 is 0. The van der Waals surface area contributed by atoms with Gasteiger partial charge >= 0.3 is 0 Å². The van der Waals surface area contributed by atoms with Crippen molar-refractivity contribution >= 4 is 11.6 Å². The minimum Gasteiger partial charge on any atom is -0.476 e. The fourth-order valence-electron chi connectivity index (χ4n) is 2.30. The number of ether oxygens (including phenoxy) is 1. The summed E-state index contributed by atoms with van der Waals surface area (Å²) in [4.78, 5) is 12.7. The van der Waals surface area contributed by atoms with E-state index in [-0.39, 0.29) is 5.69 Å². The van der Waals surface area contributed by atoms with Gasteiger partial charge in [-0.1, -0.05) is 60.7 Å². The van der Waals surface area contributed by atoms with Crippen LogP contribution in [0.3, 0.4) is 0 Å². The number of anilines is 1. The van der Waals surface area contributed by atoms with Crippen molar-refractivity contribution in [3.8, 4) is 5.75 Å². The van der Waals surface area contributed by atoms with Crippen molar-refractivity contribution in [3.63, 3.8) is 0 Å². The average Bonchev–Trinajstić information content (AvgIpc) is 2.63. The lowest BCUT2D eigenvalue weighted by molar-refractivity contribution is -0.123. The van der Waals surface area contributed by atoms with Crippen LogP contribution >= 0.6 is 0 Å². The number of nitrogens with one attached hydrogen (secondary N) is 1. The van der Waals surface area contributed by atoms with Crippen LogP contribution < -0.4 is 10.1 Å². The Labute approximate surface area is 139 Å². The maximum absolute atomic E-state index is 13.8. The normalized spacial score (nSPS) is 11.5. The van der Waals surface area contributed by atoms with Gasteiger partial charge in [0.15, 0.2) is 0 Å². The summed E-state index contributed by atoms with van der Waals surface area (Å²) in [6.07, 6.45) is -0.881. The molecule has 0 saturated carbocycles. The first-order chi connectivity index (χ1) is 11.7. The molecule has 3 nitrogen and oxygen atoms in total. The third kappa shape index (κ3) is 3.79. The molecule has 0 aliphatic carbocycles. The molecule has 0 aliphatic rings. The summed E-state index contributed by atoms with van der Waals surface area (Å²) in [6, 6.07) is 24.2. The third-order valence-corrected chi connectivity index (χ3v) is 3.47. The number of halogens is 1. The second-order valence-electron chi connectivity index (χ2n) is 5.19. The molecule has 0 spiro atoms. The summed E-state index contributed by atoms with van der Waals surface area (Å²) < 4.78 is 19.6. The highest BCUT2D eigenvalue weighted by Crippen LogP contribution is 2.24. The smallest absolute Gasteiger partial charge is 0.270 e. The molecule has 1 amide bonds. The molecule has 0 fully saturated rings. The van der Waals surface area contributed by atoms with Crippen LogP contribution in [0.5, 0.6) is 5.75 Å². The maximum atomic E-state index is 13.8. The molecule has 0 aromatic heterocycles. The molecule has 0 bridgehead atoms. The van der Waals surface area contributed by atoms with Gasteiger partial charge in [0.2, 0.25) is 6.10 Å². The zero-order chi connectivity index (χ0) is 16.8. The minimum atomic E-state index is -0.881. The lowest BCUT2D eigenvalue weighted by Crippen LogP contribution is -2.26. The average molecular weight is 321 g/mol. The number of para-hydroxylation sites is 2. The van der Waals surface area contributed by atoms with Gasteiger partial charge < -0.3 is 10.1 Å². The van der Waals surface area contributed by atoms with Crippen molar-refractivity contribution < 1.29 is 13.9 Å². The zero-order valence-electron chi connectivity index (χ0n) is 12.9. The van der Waals surface area contributed by atoms with Crippen LogP contribution in [-0.4, -0.2) is 5.91 Å². The van der Waals surface area contributed by atoms with Gasteiger partial charge in [-0.25, -0.2) is 4.39 Å². The van der Waals surface area contributed by atoms with E-state index in [0.29, 0.717) is 11.3 Å². The third-order valence-electron chi connectivity index (χ3n) is 3.47. The number of carbonyl (C=O) groups excluding carboxylic acids is 1. The number of hydrogen-bond donors (Lipinski definition) is 1. The van der Waals surface area contributed by atoms with Gasteiger partial charge in [-0.15, -0.1) is 0 Å². The highest BCUT2D eigenvalue weighted by Gasteiger charge is 2.23. The van der Waals surface area contributed by atoms with E-state index >= 15 is 0 Å². The number of hydrogen-bond acceptors (Lipinski definition) is 2. The summed E-state index contributed by atoms with van der Waals surface area (Å²) in [5, 5.41) is 2.59. The first-order valence-electron chi connectivity index (χ1n) is 7.56. The Balaban J connectivity index is 1.87. The largest absolute Gasteiger partial charge is 0.476 e. The molecule has 4 heteroatoms. The molecule has 3 aromatic carbocycles. The van der Waals surface area contributed by atoms with Gasteiger partial charge in [0.1, 0.15) is 11.6 Å². The van der Waals surface area contributed by atoms with E-state index in [1.54, 1.807) is 36.4 Å². The Bertz CT molecular complexity index is 806. The van der Waals surface area contributed by atoms with Crippen molar-refractivity contribution in [2.75, 3.05) is 5.32 Å². The van der Waals surface area contributed by atoms with E-state index in [4.69, 9.17) is 4.74 Å². The number of carbonyl (C=O) groups is 1.